The van der Waals surface area contributed by atoms with Crippen LogP contribution >= 0.6 is 11.8 Å². The molecule has 0 bridgehead atoms. The minimum Gasteiger partial charge on any atom is -0.411 e. The third kappa shape index (κ3) is 4.54. The summed E-state index contributed by atoms with van der Waals surface area (Å²) in [7, 11) is 0. The van der Waals surface area contributed by atoms with Crippen LogP contribution in [0.4, 0.5) is 0 Å². The molecule has 6 nitrogen and oxygen atoms in total. The Labute approximate surface area is 139 Å². The number of aromatic nitrogens is 3. The number of amides is 1. The number of pyridine rings is 1. The lowest BCUT2D eigenvalue weighted by Crippen LogP contribution is -2.38. The van der Waals surface area contributed by atoms with E-state index in [4.69, 9.17) is 4.42 Å². The summed E-state index contributed by atoms with van der Waals surface area (Å²) >= 11 is 1.27. The lowest BCUT2D eigenvalue weighted by molar-refractivity contribution is -0.119. The number of rotatable bonds is 5. The highest BCUT2D eigenvalue weighted by atomic mass is 32.2. The summed E-state index contributed by atoms with van der Waals surface area (Å²) in [5, 5.41) is 11.5. The van der Waals surface area contributed by atoms with Crippen molar-refractivity contribution in [2.75, 3.05) is 5.75 Å². The van der Waals surface area contributed by atoms with E-state index in [-0.39, 0.29) is 5.91 Å². The van der Waals surface area contributed by atoms with E-state index in [1.807, 2.05) is 0 Å². The van der Waals surface area contributed by atoms with Crippen LogP contribution in [0.5, 0.6) is 0 Å². The molecule has 2 heterocycles. The summed E-state index contributed by atoms with van der Waals surface area (Å²) in [6, 6.07) is 3.92. The first-order chi connectivity index (χ1) is 11.2. The van der Waals surface area contributed by atoms with Crippen molar-refractivity contribution in [2.45, 2.75) is 43.9 Å². The quantitative estimate of drug-likeness (QED) is 0.848. The third-order valence-corrected chi connectivity index (χ3v) is 4.86. The summed E-state index contributed by atoms with van der Waals surface area (Å²) in [5.41, 5.74) is 0.820. The SMILES string of the molecule is CC1CCC(NC(=O)CSc2nnc(-c3ccncc3)o2)CC1. The van der Waals surface area contributed by atoms with Gasteiger partial charge in [0.15, 0.2) is 0 Å². The van der Waals surface area contributed by atoms with Gasteiger partial charge in [0.1, 0.15) is 0 Å². The van der Waals surface area contributed by atoms with E-state index in [1.165, 1.54) is 24.6 Å². The second-order valence-electron chi connectivity index (χ2n) is 5.92. The average Bonchev–Trinajstić information content (AvgIpc) is 3.05. The summed E-state index contributed by atoms with van der Waals surface area (Å²) in [5.74, 6) is 1.54. The molecule has 7 heteroatoms. The van der Waals surface area contributed by atoms with Crippen LogP contribution in [-0.4, -0.2) is 32.9 Å². The first-order valence-electron chi connectivity index (χ1n) is 7.87. The predicted molar refractivity (Wildman–Crippen MR) is 87.8 cm³/mol. The summed E-state index contributed by atoms with van der Waals surface area (Å²) < 4.78 is 5.56. The minimum atomic E-state index is 0.0261. The zero-order valence-corrected chi connectivity index (χ0v) is 13.9. The van der Waals surface area contributed by atoms with E-state index < -0.39 is 0 Å². The van der Waals surface area contributed by atoms with Gasteiger partial charge in [0.25, 0.3) is 5.22 Å². The maximum Gasteiger partial charge on any atom is 0.277 e. The number of carbonyl (C=O) groups excluding carboxylic acids is 1. The normalized spacial score (nSPS) is 21.1. The van der Waals surface area contributed by atoms with E-state index in [2.05, 4.69) is 27.4 Å². The Morgan fingerprint density at radius 1 is 1.26 bits per heavy atom. The Balaban J connectivity index is 1.47. The van der Waals surface area contributed by atoms with Gasteiger partial charge >= 0.3 is 0 Å². The second-order valence-corrected chi connectivity index (χ2v) is 6.85. The second kappa shape index (κ2) is 7.59. The largest absolute Gasteiger partial charge is 0.411 e. The first kappa shape index (κ1) is 16.0. The van der Waals surface area contributed by atoms with Crippen molar-refractivity contribution in [3.63, 3.8) is 0 Å². The van der Waals surface area contributed by atoms with Crippen LogP contribution in [0.2, 0.25) is 0 Å². The van der Waals surface area contributed by atoms with Crippen LogP contribution in [0.15, 0.2) is 34.2 Å². The lowest BCUT2D eigenvalue weighted by Gasteiger charge is -2.26. The van der Waals surface area contributed by atoms with Gasteiger partial charge in [0.05, 0.1) is 5.75 Å². The smallest absolute Gasteiger partial charge is 0.277 e. The number of thioether (sulfide) groups is 1. The zero-order valence-electron chi connectivity index (χ0n) is 13.1. The molecule has 122 valence electrons. The van der Waals surface area contributed by atoms with Gasteiger partial charge in [-0.25, -0.2) is 0 Å². The molecular formula is C16H20N4O2S. The zero-order chi connectivity index (χ0) is 16.1. The maximum atomic E-state index is 12.0. The summed E-state index contributed by atoms with van der Waals surface area (Å²) in [4.78, 5) is 16.0. The van der Waals surface area contributed by atoms with Crippen molar-refractivity contribution in [1.82, 2.24) is 20.5 Å². The van der Waals surface area contributed by atoms with E-state index >= 15 is 0 Å². The van der Waals surface area contributed by atoms with Gasteiger partial charge in [-0.05, 0) is 43.7 Å². The van der Waals surface area contributed by atoms with Crippen molar-refractivity contribution in [3.05, 3.63) is 24.5 Å². The molecule has 2 aromatic rings. The van der Waals surface area contributed by atoms with Crippen LogP contribution < -0.4 is 5.32 Å². The highest BCUT2D eigenvalue weighted by molar-refractivity contribution is 7.99. The number of nitrogens with one attached hydrogen (secondary N) is 1. The molecule has 0 radical (unpaired) electrons. The first-order valence-corrected chi connectivity index (χ1v) is 8.85. The van der Waals surface area contributed by atoms with Gasteiger partial charge in [0, 0.05) is 24.0 Å². The highest BCUT2D eigenvalue weighted by Crippen LogP contribution is 2.24. The Morgan fingerprint density at radius 2 is 2.00 bits per heavy atom. The van der Waals surface area contributed by atoms with Crippen LogP contribution in [0.25, 0.3) is 11.5 Å². The van der Waals surface area contributed by atoms with E-state index in [1.54, 1.807) is 24.5 Å². The molecule has 1 saturated carbocycles. The average molecular weight is 332 g/mol. The lowest BCUT2D eigenvalue weighted by atomic mass is 9.87. The van der Waals surface area contributed by atoms with Crippen molar-refractivity contribution in [1.29, 1.82) is 0 Å². The molecule has 3 rings (SSSR count). The third-order valence-electron chi connectivity index (χ3n) is 4.04. The number of carbonyl (C=O) groups is 1. The molecule has 0 aliphatic heterocycles. The summed E-state index contributed by atoms with van der Waals surface area (Å²) in [6.07, 6.45) is 7.87. The van der Waals surface area contributed by atoms with Gasteiger partial charge < -0.3 is 9.73 Å². The molecule has 0 unspecified atom stereocenters. The van der Waals surface area contributed by atoms with Crippen molar-refractivity contribution < 1.29 is 9.21 Å². The van der Waals surface area contributed by atoms with Gasteiger partial charge in [-0.3, -0.25) is 9.78 Å². The topological polar surface area (TPSA) is 80.9 Å². The fourth-order valence-corrected chi connectivity index (χ4v) is 3.25. The maximum absolute atomic E-state index is 12.0. The molecule has 23 heavy (non-hydrogen) atoms. The van der Waals surface area contributed by atoms with E-state index in [0.29, 0.717) is 22.9 Å². The van der Waals surface area contributed by atoms with E-state index in [9.17, 15) is 4.79 Å². The molecule has 0 saturated heterocycles. The molecular weight excluding hydrogens is 312 g/mol. The number of nitrogens with zero attached hydrogens (tertiary/aromatic N) is 3. The van der Waals surface area contributed by atoms with Crippen LogP contribution in [0.3, 0.4) is 0 Å². The monoisotopic (exact) mass is 332 g/mol. The molecule has 0 spiro atoms. The molecule has 2 aromatic heterocycles. The van der Waals surface area contributed by atoms with Crippen molar-refractivity contribution >= 4 is 17.7 Å². The predicted octanol–water partition coefficient (Wildman–Crippen LogP) is 2.92. The van der Waals surface area contributed by atoms with Gasteiger partial charge in [-0.15, -0.1) is 10.2 Å². The summed E-state index contributed by atoms with van der Waals surface area (Å²) in [6.45, 7) is 2.27. The molecule has 1 aliphatic carbocycles. The number of hydrogen-bond acceptors (Lipinski definition) is 6. The molecule has 1 fully saturated rings. The van der Waals surface area contributed by atoms with E-state index in [0.717, 1.165) is 24.3 Å². The van der Waals surface area contributed by atoms with Crippen molar-refractivity contribution in [3.8, 4) is 11.5 Å². The van der Waals surface area contributed by atoms with Gasteiger partial charge in [-0.1, -0.05) is 18.7 Å². The van der Waals surface area contributed by atoms with Gasteiger partial charge in [0.2, 0.25) is 11.8 Å². The standard InChI is InChI=1S/C16H20N4O2S/c1-11-2-4-13(5-3-11)18-14(21)10-23-16-20-19-15(22-16)12-6-8-17-9-7-12/h6-9,11,13H,2-5,10H2,1H3,(H,18,21). The Kier molecular flexibility index (Phi) is 5.27. The van der Waals surface area contributed by atoms with Crippen LogP contribution in [0, 0.1) is 5.92 Å². The molecule has 1 N–H and O–H groups in total. The fraction of sp³-hybridized carbons (Fsp3) is 0.500. The molecule has 1 amide bonds. The Bertz CT molecular complexity index is 639. The Morgan fingerprint density at radius 3 is 2.74 bits per heavy atom. The fourth-order valence-electron chi connectivity index (χ4n) is 2.68. The molecule has 0 atom stereocenters. The highest BCUT2D eigenvalue weighted by Gasteiger charge is 2.20. The molecule has 1 aliphatic rings. The van der Waals surface area contributed by atoms with Crippen molar-refractivity contribution in [2.24, 2.45) is 5.92 Å². The van der Waals surface area contributed by atoms with Crippen LogP contribution in [-0.2, 0) is 4.79 Å². The number of hydrogen-bond donors (Lipinski definition) is 1. The molecule has 0 aromatic carbocycles. The minimum absolute atomic E-state index is 0.0261. The Hall–Kier alpha value is -1.89. The van der Waals surface area contributed by atoms with Gasteiger partial charge in [-0.2, -0.15) is 0 Å². The van der Waals surface area contributed by atoms with Crippen LogP contribution in [0.1, 0.15) is 32.6 Å².